The molecule has 0 unspecified atom stereocenters. The molecule has 0 fully saturated rings. The van der Waals surface area contributed by atoms with Gasteiger partial charge in [0, 0.05) is 11.4 Å². The molecule has 3 aromatic carbocycles. The summed E-state index contributed by atoms with van der Waals surface area (Å²) in [6.45, 7) is 7.58. The Hall–Kier alpha value is -4.57. The molecule has 0 aliphatic carbocycles. The highest BCUT2D eigenvalue weighted by molar-refractivity contribution is 6.10. The second-order valence-corrected chi connectivity index (χ2v) is 8.37. The molecule has 0 aliphatic rings. The van der Waals surface area contributed by atoms with Gasteiger partial charge in [-0.25, -0.2) is 0 Å². The number of ether oxygens (including phenoxy) is 2. The Morgan fingerprint density at radius 2 is 1.50 bits per heavy atom. The van der Waals surface area contributed by atoms with Gasteiger partial charge in [-0.2, -0.15) is 5.26 Å². The van der Waals surface area contributed by atoms with E-state index >= 15 is 0 Å². The summed E-state index contributed by atoms with van der Waals surface area (Å²) in [5.74, 6) is -0.0715. The largest absolute Gasteiger partial charge is 0.493 e. The first-order valence-corrected chi connectivity index (χ1v) is 11.4. The van der Waals surface area contributed by atoms with E-state index in [2.05, 4.69) is 10.6 Å². The third-order valence-electron chi connectivity index (χ3n) is 5.95. The van der Waals surface area contributed by atoms with Gasteiger partial charge in [0.15, 0.2) is 18.1 Å². The molecule has 0 saturated carbocycles. The van der Waals surface area contributed by atoms with Crippen molar-refractivity contribution in [3.05, 3.63) is 88.0 Å². The number of hydrogen-bond acceptors (Lipinski definition) is 5. The second-order valence-electron chi connectivity index (χ2n) is 8.37. The molecule has 0 spiro atoms. The van der Waals surface area contributed by atoms with Gasteiger partial charge in [-0.1, -0.05) is 30.3 Å². The molecule has 184 valence electrons. The van der Waals surface area contributed by atoms with Gasteiger partial charge in [-0.3, -0.25) is 9.59 Å². The van der Waals surface area contributed by atoms with Gasteiger partial charge in [0.2, 0.25) is 0 Å². The highest BCUT2D eigenvalue weighted by Gasteiger charge is 2.14. The maximum atomic E-state index is 12.7. The van der Waals surface area contributed by atoms with E-state index in [1.54, 1.807) is 24.3 Å². The van der Waals surface area contributed by atoms with Gasteiger partial charge < -0.3 is 20.1 Å². The summed E-state index contributed by atoms with van der Waals surface area (Å²) in [5, 5.41) is 15.2. The van der Waals surface area contributed by atoms with Crippen LogP contribution >= 0.6 is 0 Å². The average Bonchev–Trinajstić information content (AvgIpc) is 2.87. The van der Waals surface area contributed by atoms with Gasteiger partial charge in [-0.15, -0.1) is 0 Å². The number of amides is 2. The third-order valence-corrected chi connectivity index (χ3v) is 5.95. The number of benzene rings is 3. The zero-order valence-corrected chi connectivity index (χ0v) is 21.1. The second kappa shape index (κ2) is 11.7. The number of hydrogen-bond donors (Lipinski definition) is 2. The third kappa shape index (κ3) is 6.30. The molecular formula is C29H29N3O4. The van der Waals surface area contributed by atoms with E-state index < -0.39 is 5.91 Å². The van der Waals surface area contributed by atoms with Crippen LogP contribution in [0.15, 0.2) is 60.2 Å². The van der Waals surface area contributed by atoms with E-state index in [4.69, 9.17) is 9.47 Å². The normalized spacial score (nSPS) is 10.8. The van der Waals surface area contributed by atoms with Crippen LogP contribution in [0.2, 0.25) is 0 Å². The fraction of sp³-hybridized carbons (Fsp3) is 0.207. The van der Waals surface area contributed by atoms with E-state index in [0.717, 1.165) is 27.9 Å². The number of anilines is 2. The Morgan fingerprint density at radius 1 is 0.889 bits per heavy atom. The van der Waals surface area contributed by atoms with E-state index in [9.17, 15) is 14.9 Å². The summed E-state index contributed by atoms with van der Waals surface area (Å²) in [5.41, 5.74) is 5.96. The van der Waals surface area contributed by atoms with E-state index in [1.165, 1.54) is 13.2 Å². The van der Waals surface area contributed by atoms with Crippen LogP contribution in [0.3, 0.4) is 0 Å². The molecule has 7 heteroatoms. The highest BCUT2D eigenvalue weighted by atomic mass is 16.5. The molecule has 36 heavy (non-hydrogen) atoms. The molecule has 0 aromatic heterocycles. The fourth-order valence-corrected chi connectivity index (χ4v) is 3.50. The zero-order chi connectivity index (χ0) is 26.2. The number of nitriles is 1. The number of nitrogens with one attached hydrogen (secondary N) is 2. The Bertz CT molecular complexity index is 1370. The lowest BCUT2D eigenvalue weighted by Gasteiger charge is -2.13. The molecule has 0 saturated heterocycles. The van der Waals surface area contributed by atoms with Crippen LogP contribution in [0.25, 0.3) is 6.08 Å². The molecule has 0 heterocycles. The monoisotopic (exact) mass is 483 g/mol. The SMILES string of the molecule is COc1cc(/C=C(/C#N)C(=O)Nc2cccc(C)c2C)ccc1OCC(=O)Nc1cccc(C)c1C. The van der Waals surface area contributed by atoms with Gasteiger partial charge in [0.05, 0.1) is 7.11 Å². The Balaban J connectivity index is 1.71. The van der Waals surface area contributed by atoms with Crippen molar-refractivity contribution in [2.75, 3.05) is 24.4 Å². The van der Waals surface area contributed by atoms with Crippen molar-refractivity contribution in [3.63, 3.8) is 0 Å². The fourth-order valence-electron chi connectivity index (χ4n) is 3.50. The van der Waals surface area contributed by atoms with E-state index in [0.29, 0.717) is 22.7 Å². The van der Waals surface area contributed by atoms with Crippen molar-refractivity contribution in [1.29, 1.82) is 5.26 Å². The van der Waals surface area contributed by atoms with Gasteiger partial charge >= 0.3 is 0 Å². The summed E-state index contributed by atoms with van der Waals surface area (Å²) < 4.78 is 11.1. The van der Waals surface area contributed by atoms with E-state index in [-0.39, 0.29) is 18.1 Å². The van der Waals surface area contributed by atoms with Crippen molar-refractivity contribution in [2.45, 2.75) is 27.7 Å². The summed E-state index contributed by atoms with van der Waals surface area (Å²) in [6, 6.07) is 18.2. The van der Waals surface area contributed by atoms with Crippen LogP contribution in [0, 0.1) is 39.0 Å². The zero-order valence-electron chi connectivity index (χ0n) is 21.1. The molecule has 3 aromatic rings. The van der Waals surface area contributed by atoms with Crippen molar-refractivity contribution < 1.29 is 19.1 Å². The number of methoxy groups -OCH3 is 1. The van der Waals surface area contributed by atoms with Crippen LogP contribution in [-0.2, 0) is 9.59 Å². The highest BCUT2D eigenvalue weighted by Crippen LogP contribution is 2.29. The van der Waals surface area contributed by atoms with Crippen molar-refractivity contribution in [1.82, 2.24) is 0 Å². The first-order valence-electron chi connectivity index (χ1n) is 11.4. The van der Waals surface area contributed by atoms with Crippen molar-refractivity contribution >= 4 is 29.3 Å². The first-order chi connectivity index (χ1) is 17.2. The topological polar surface area (TPSA) is 100 Å². The Morgan fingerprint density at radius 3 is 2.08 bits per heavy atom. The van der Waals surface area contributed by atoms with Crippen LogP contribution in [0.5, 0.6) is 11.5 Å². The van der Waals surface area contributed by atoms with Crippen LogP contribution in [0.1, 0.15) is 27.8 Å². The summed E-state index contributed by atoms with van der Waals surface area (Å²) in [6.07, 6.45) is 1.47. The lowest BCUT2D eigenvalue weighted by Crippen LogP contribution is -2.21. The van der Waals surface area contributed by atoms with Crippen LogP contribution in [0.4, 0.5) is 11.4 Å². The average molecular weight is 484 g/mol. The minimum Gasteiger partial charge on any atom is -0.493 e. The molecule has 7 nitrogen and oxygen atoms in total. The predicted octanol–water partition coefficient (Wildman–Crippen LogP) is 5.49. The Kier molecular flexibility index (Phi) is 8.48. The van der Waals surface area contributed by atoms with Crippen molar-refractivity contribution in [3.8, 4) is 17.6 Å². The predicted molar refractivity (Wildman–Crippen MR) is 141 cm³/mol. The maximum absolute atomic E-state index is 12.7. The minimum atomic E-state index is -0.506. The van der Waals surface area contributed by atoms with E-state index in [1.807, 2.05) is 64.1 Å². The molecule has 3 rings (SSSR count). The lowest BCUT2D eigenvalue weighted by molar-refractivity contribution is -0.118. The summed E-state index contributed by atoms with van der Waals surface area (Å²) in [4.78, 5) is 25.1. The molecule has 0 bridgehead atoms. The molecule has 2 amide bonds. The van der Waals surface area contributed by atoms with Crippen LogP contribution < -0.4 is 20.1 Å². The van der Waals surface area contributed by atoms with Gasteiger partial charge in [-0.05, 0) is 85.9 Å². The number of nitrogens with zero attached hydrogens (tertiary/aromatic N) is 1. The van der Waals surface area contributed by atoms with Crippen molar-refractivity contribution in [2.24, 2.45) is 0 Å². The molecule has 0 radical (unpaired) electrons. The molecule has 0 aliphatic heterocycles. The lowest BCUT2D eigenvalue weighted by atomic mass is 10.1. The Labute approximate surface area is 211 Å². The smallest absolute Gasteiger partial charge is 0.266 e. The van der Waals surface area contributed by atoms with Gasteiger partial charge in [0.1, 0.15) is 11.6 Å². The molecule has 2 N–H and O–H groups in total. The standard InChI is InChI=1S/C29H29N3O4/c1-18-8-6-10-24(20(18)3)31-28(33)17-36-26-13-12-22(15-27(26)35-5)14-23(16-30)29(34)32-25-11-7-9-19(2)21(25)4/h6-15H,17H2,1-5H3,(H,31,33)(H,32,34)/b23-14-. The van der Waals surface area contributed by atoms with Crippen LogP contribution in [-0.4, -0.2) is 25.5 Å². The van der Waals surface area contributed by atoms with Gasteiger partial charge in [0.25, 0.3) is 11.8 Å². The number of aryl methyl sites for hydroxylation is 2. The molecule has 0 atom stereocenters. The maximum Gasteiger partial charge on any atom is 0.266 e. The quantitative estimate of drug-likeness (QED) is 0.326. The minimum absolute atomic E-state index is 0.0560. The summed E-state index contributed by atoms with van der Waals surface area (Å²) >= 11 is 0. The number of carbonyl (C=O) groups is 2. The molecular weight excluding hydrogens is 454 g/mol. The number of carbonyl (C=O) groups excluding carboxylic acids is 2. The first kappa shape index (κ1) is 26.0. The summed E-state index contributed by atoms with van der Waals surface area (Å²) in [7, 11) is 1.48. The number of rotatable bonds is 8.